The summed E-state index contributed by atoms with van der Waals surface area (Å²) in [4.78, 5) is 7.98. The van der Waals surface area contributed by atoms with Crippen molar-refractivity contribution in [3.8, 4) is 0 Å². The minimum absolute atomic E-state index is 0.295. The highest BCUT2D eigenvalue weighted by Gasteiger charge is 2.03. The molecule has 0 fully saturated rings. The van der Waals surface area contributed by atoms with Gasteiger partial charge in [0.15, 0.2) is 0 Å². The van der Waals surface area contributed by atoms with Crippen LogP contribution in [0.2, 0.25) is 0 Å². The third kappa shape index (κ3) is 3.99. The van der Waals surface area contributed by atoms with Gasteiger partial charge in [-0.15, -0.1) is 0 Å². The average molecular weight is 262 g/mol. The number of aliphatic hydroxyl groups is 1. The Labute approximate surface area is 90.7 Å². The fourth-order valence-corrected chi connectivity index (χ4v) is 1.07. The molecular weight excluding hydrogens is 250 g/mol. The molecule has 5 nitrogen and oxygen atoms in total. The molecule has 1 atom stereocenters. The monoisotopic (exact) mass is 261 g/mol. The molecular formula is C8H12BrN3O2. The summed E-state index contributed by atoms with van der Waals surface area (Å²) in [6, 6.07) is 0. The molecule has 0 amide bonds. The van der Waals surface area contributed by atoms with E-state index >= 15 is 0 Å². The number of hydrogen-bond acceptors (Lipinski definition) is 5. The molecule has 0 aliphatic heterocycles. The van der Waals surface area contributed by atoms with E-state index in [0.29, 0.717) is 19.1 Å². The quantitative estimate of drug-likeness (QED) is 0.815. The van der Waals surface area contributed by atoms with E-state index in [1.54, 1.807) is 19.5 Å². The van der Waals surface area contributed by atoms with E-state index in [1.807, 2.05) is 0 Å². The van der Waals surface area contributed by atoms with Crippen LogP contribution in [0.3, 0.4) is 0 Å². The second-order valence-electron chi connectivity index (χ2n) is 2.71. The summed E-state index contributed by atoms with van der Waals surface area (Å²) in [5, 5.41) is 12.2. The summed E-state index contributed by atoms with van der Waals surface area (Å²) in [5.41, 5.74) is 0. The Morgan fingerprint density at radius 3 is 2.79 bits per heavy atom. The molecule has 0 aliphatic rings. The molecule has 0 bridgehead atoms. The molecule has 0 spiro atoms. The van der Waals surface area contributed by atoms with E-state index in [1.165, 1.54) is 0 Å². The molecule has 0 saturated carbocycles. The zero-order chi connectivity index (χ0) is 10.4. The van der Waals surface area contributed by atoms with Crippen molar-refractivity contribution in [3.63, 3.8) is 0 Å². The zero-order valence-electron chi connectivity index (χ0n) is 7.77. The van der Waals surface area contributed by atoms with Crippen LogP contribution in [0, 0.1) is 0 Å². The predicted molar refractivity (Wildman–Crippen MR) is 56.1 cm³/mol. The van der Waals surface area contributed by atoms with Gasteiger partial charge < -0.3 is 15.2 Å². The van der Waals surface area contributed by atoms with E-state index in [9.17, 15) is 5.11 Å². The van der Waals surface area contributed by atoms with E-state index in [0.717, 1.165) is 4.47 Å². The van der Waals surface area contributed by atoms with Gasteiger partial charge >= 0.3 is 0 Å². The van der Waals surface area contributed by atoms with E-state index in [2.05, 4.69) is 31.2 Å². The summed E-state index contributed by atoms with van der Waals surface area (Å²) < 4.78 is 5.59. The lowest BCUT2D eigenvalue weighted by Crippen LogP contribution is -2.24. The third-order valence-corrected chi connectivity index (χ3v) is 1.88. The molecule has 1 aromatic heterocycles. The van der Waals surface area contributed by atoms with Gasteiger partial charge in [-0.3, -0.25) is 0 Å². The Morgan fingerprint density at radius 2 is 2.21 bits per heavy atom. The lowest BCUT2D eigenvalue weighted by atomic mass is 10.4. The maximum Gasteiger partial charge on any atom is 0.222 e. The van der Waals surface area contributed by atoms with Crippen molar-refractivity contribution in [1.82, 2.24) is 9.97 Å². The van der Waals surface area contributed by atoms with Crippen molar-refractivity contribution < 1.29 is 9.84 Å². The third-order valence-electron chi connectivity index (χ3n) is 1.48. The molecule has 1 aromatic rings. The smallest absolute Gasteiger partial charge is 0.222 e. The van der Waals surface area contributed by atoms with Crippen molar-refractivity contribution in [2.24, 2.45) is 0 Å². The van der Waals surface area contributed by atoms with Gasteiger partial charge in [-0.05, 0) is 15.9 Å². The van der Waals surface area contributed by atoms with Crippen LogP contribution in [0.15, 0.2) is 16.9 Å². The Morgan fingerprint density at radius 1 is 1.57 bits per heavy atom. The SMILES string of the molecule is COCC(O)CNc1ncc(Br)cn1. The number of halogens is 1. The molecule has 0 saturated heterocycles. The normalized spacial score (nSPS) is 12.5. The number of hydrogen-bond donors (Lipinski definition) is 2. The highest BCUT2D eigenvalue weighted by atomic mass is 79.9. The molecule has 0 aliphatic carbocycles. The van der Waals surface area contributed by atoms with E-state index in [-0.39, 0.29) is 0 Å². The summed E-state index contributed by atoms with van der Waals surface area (Å²) >= 11 is 3.23. The van der Waals surface area contributed by atoms with E-state index < -0.39 is 6.10 Å². The fraction of sp³-hybridized carbons (Fsp3) is 0.500. The molecule has 0 aromatic carbocycles. The molecule has 78 valence electrons. The Kier molecular flexibility index (Phi) is 4.78. The van der Waals surface area contributed by atoms with Crippen molar-refractivity contribution in [3.05, 3.63) is 16.9 Å². The fourth-order valence-electron chi connectivity index (χ4n) is 0.864. The van der Waals surface area contributed by atoms with Crippen LogP contribution in [0.5, 0.6) is 0 Å². The maximum atomic E-state index is 9.31. The highest BCUT2D eigenvalue weighted by Crippen LogP contribution is 2.06. The molecule has 1 rings (SSSR count). The van der Waals surface area contributed by atoms with Gasteiger partial charge in [-0.2, -0.15) is 0 Å². The van der Waals surface area contributed by atoms with Crippen LogP contribution in [0.25, 0.3) is 0 Å². The number of anilines is 1. The zero-order valence-corrected chi connectivity index (χ0v) is 9.36. The number of nitrogens with one attached hydrogen (secondary N) is 1. The van der Waals surface area contributed by atoms with Crippen molar-refractivity contribution >= 4 is 21.9 Å². The van der Waals surface area contributed by atoms with Gasteiger partial charge in [0.25, 0.3) is 0 Å². The average Bonchev–Trinajstić information content (AvgIpc) is 2.17. The summed E-state index contributed by atoms with van der Waals surface area (Å²) in [7, 11) is 1.54. The maximum absolute atomic E-state index is 9.31. The first-order valence-corrected chi connectivity index (χ1v) is 4.90. The lowest BCUT2D eigenvalue weighted by molar-refractivity contribution is 0.0726. The Balaban J connectivity index is 2.34. The number of nitrogens with zero attached hydrogens (tertiary/aromatic N) is 2. The van der Waals surface area contributed by atoms with Gasteiger partial charge in [0, 0.05) is 26.0 Å². The van der Waals surface area contributed by atoms with Crippen LogP contribution in [-0.4, -0.2) is 41.4 Å². The predicted octanol–water partition coefficient (Wildman–Crippen LogP) is 0.658. The summed E-state index contributed by atoms with van der Waals surface area (Å²) in [5.74, 6) is 0.489. The number of aliphatic hydroxyl groups excluding tert-OH is 1. The standard InChI is InChI=1S/C8H12BrN3O2/c1-14-5-7(13)4-12-8-10-2-6(9)3-11-8/h2-3,7,13H,4-5H2,1H3,(H,10,11,12). The van der Waals surface area contributed by atoms with Crippen LogP contribution >= 0.6 is 15.9 Å². The Bertz CT molecular complexity index is 268. The first-order chi connectivity index (χ1) is 6.72. The number of aromatic nitrogens is 2. The van der Waals surface area contributed by atoms with Crippen LogP contribution in [-0.2, 0) is 4.74 Å². The molecule has 0 radical (unpaired) electrons. The first kappa shape index (κ1) is 11.4. The minimum atomic E-state index is -0.549. The van der Waals surface area contributed by atoms with Crippen LogP contribution in [0.1, 0.15) is 0 Å². The van der Waals surface area contributed by atoms with Gasteiger partial charge in [0.2, 0.25) is 5.95 Å². The van der Waals surface area contributed by atoms with Gasteiger partial charge in [0.1, 0.15) is 0 Å². The number of rotatable bonds is 5. The van der Waals surface area contributed by atoms with Crippen molar-refractivity contribution in [1.29, 1.82) is 0 Å². The lowest BCUT2D eigenvalue weighted by Gasteiger charge is -2.09. The molecule has 14 heavy (non-hydrogen) atoms. The number of methoxy groups -OCH3 is 1. The second-order valence-corrected chi connectivity index (χ2v) is 3.63. The van der Waals surface area contributed by atoms with Gasteiger partial charge in [-0.1, -0.05) is 0 Å². The van der Waals surface area contributed by atoms with E-state index in [4.69, 9.17) is 4.74 Å². The summed E-state index contributed by atoms with van der Waals surface area (Å²) in [6.07, 6.45) is 2.73. The minimum Gasteiger partial charge on any atom is -0.389 e. The van der Waals surface area contributed by atoms with Crippen LogP contribution in [0.4, 0.5) is 5.95 Å². The largest absolute Gasteiger partial charge is 0.389 e. The topological polar surface area (TPSA) is 67.3 Å². The Hall–Kier alpha value is -0.720. The molecule has 2 N–H and O–H groups in total. The molecule has 1 heterocycles. The van der Waals surface area contributed by atoms with Crippen LogP contribution < -0.4 is 5.32 Å². The van der Waals surface area contributed by atoms with Gasteiger partial charge in [-0.25, -0.2) is 9.97 Å². The molecule has 1 unspecified atom stereocenters. The summed E-state index contributed by atoms with van der Waals surface area (Å²) in [6.45, 7) is 0.666. The van der Waals surface area contributed by atoms with Gasteiger partial charge in [0.05, 0.1) is 17.2 Å². The van der Waals surface area contributed by atoms with Crippen molar-refractivity contribution in [2.75, 3.05) is 25.6 Å². The highest BCUT2D eigenvalue weighted by molar-refractivity contribution is 9.10. The number of ether oxygens (including phenoxy) is 1. The van der Waals surface area contributed by atoms with Crippen molar-refractivity contribution in [2.45, 2.75) is 6.10 Å². The molecule has 6 heteroatoms. The first-order valence-electron chi connectivity index (χ1n) is 4.11. The second kappa shape index (κ2) is 5.90.